The zero-order valence-electron chi connectivity index (χ0n) is 12.3. The Bertz CT molecular complexity index is 632. The SMILES string of the molecule is COc1ccc(OCCCOc2coc(CO)cc2=O)cc1. The molecule has 0 aliphatic rings. The Hall–Kier alpha value is -2.47. The first-order valence-electron chi connectivity index (χ1n) is 6.85. The van der Waals surface area contributed by atoms with E-state index in [0.717, 1.165) is 11.5 Å². The van der Waals surface area contributed by atoms with Gasteiger partial charge in [0.2, 0.25) is 11.2 Å². The topological polar surface area (TPSA) is 78.1 Å². The van der Waals surface area contributed by atoms with Crippen LogP contribution in [0.4, 0.5) is 0 Å². The summed E-state index contributed by atoms with van der Waals surface area (Å²) in [5, 5.41) is 8.84. The lowest BCUT2D eigenvalue weighted by Gasteiger charge is -2.08. The molecule has 6 nitrogen and oxygen atoms in total. The number of hydrogen-bond acceptors (Lipinski definition) is 6. The standard InChI is InChI=1S/C16H18O6/c1-19-12-3-5-13(6-4-12)20-7-2-8-21-16-11-22-14(10-17)9-15(16)18/h3-6,9,11,17H,2,7-8,10H2,1H3. The molecule has 0 aliphatic carbocycles. The van der Waals surface area contributed by atoms with Crippen LogP contribution in [-0.2, 0) is 6.61 Å². The normalized spacial score (nSPS) is 10.3. The van der Waals surface area contributed by atoms with Crippen molar-refractivity contribution in [3.8, 4) is 17.2 Å². The summed E-state index contributed by atoms with van der Waals surface area (Å²) in [6.07, 6.45) is 1.82. The number of aliphatic hydroxyl groups excluding tert-OH is 1. The fraction of sp³-hybridized carbons (Fsp3) is 0.312. The van der Waals surface area contributed by atoms with Gasteiger partial charge in [-0.1, -0.05) is 0 Å². The van der Waals surface area contributed by atoms with Gasteiger partial charge in [0.15, 0.2) is 0 Å². The molecule has 0 spiro atoms. The Morgan fingerprint density at radius 1 is 1.09 bits per heavy atom. The van der Waals surface area contributed by atoms with Crippen LogP contribution in [0.5, 0.6) is 17.2 Å². The molecule has 0 fully saturated rings. The van der Waals surface area contributed by atoms with Crippen molar-refractivity contribution in [1.82, 2.24) is 0 Å². The maximum absolute atomic E-state index is 11.6. The van der Waals surface area contributed by atoms with E-state index in [1.165, 1.54) is 12.3 Å². The highest BCUT2D eigenvalue weighted by Crippen LogP contribution is 2.17. The Balaban J connectivity index is 1.71. The summed E-state index contributed by atoms with van der Waals surface area (Å²) < 4.78 is 20.9. The van der Waals surface area contributed by atoms with Crippen molar-refractivity contribution >= 4 is 0 Å². The van der Waals surface area contributed by atoms with Gasteiger partial charge in [-0.05, 0) is 24.3 Å². The van der Waals surface area contributed by atoms with Crippen LogP contribution >= 0.6 is 0 Å². The molecule has 0 radical (unpaired) electrons. The third-order valence-electron chi connectivity index (χ3n) is 2.88. The molecule has 118 valence electrons. The second-order valence-corrected chi connectivity index (χ2v) is 4.46. The lowest BCUT2D eigenvalue weighted by atomic mass is 10.3. The number of rotatable bonds is 8. The molecule has 1 N–H and O–H groups in total. The predicted octanol–water partition coefficient (Wildman–Crippen LogP) is 1.99. The maximum Gasteiger partial charge on any atom is 0.227 e. The predicted molar refractivity (Wildman–Crippen MR) is 79.5 cm³/mol. The lowest BCUT2D eigenvalue weighted by Crippen LogP contribution is -2.11. The van der Waals surface area contributed by atoms with Crippen molar-refractivity contribution in [3.05, 3.63) is 52.6 Å². The van der Waals surface area contributed by atoms with Gasteiger partial charge in [-0.15, -0.1) is 0 Å². The maximum atomic E-state index is 11.6. The van der Waals surface area contributed by atoms with Crippen LogP contribution in [0, 0.1) is 0 Å². The van der Waals surface area contributed by atoms with E-state index in [1.54, 1.807) is 7.11 Å². The fourth-order valence-electron chi connectivity index (χ4n) is 1.73. The quantitative estimate of drug-likeness (QED) is 0.751. The number of hydrogen-bond donors (Lipinski definition) is 1. The second kappa shape index (κ2) is 8.09. The number of benzene rings is 1. The average Bonchev–Trinajstić information content (AvgIpc) is 2.56. The van der Waals surface area contributed by atoms with Crippen molar-refractivity contribution in [2.75, 3.05) is 20.3 Å². The highest BCUT2D eigenvalue weighted by molar-refractivity contribution is 5.31. The van der Waals surface area contributed by atoms with E-state index in [4.69, 9.17) is 23.7 Å². The molecule has 1 aromatic carbocycles. The Kier molecular flexibility index (Phi) is 5.85. The summed E-state index contributed by atoms with van der Waals surface area (Å²) in [5.74, 6) is 1.85. The van der Waals surface area contributed by atoms with E-state index in [9.17, 15) is 4.79 Å². The minimum absolute atomic E-state index is 0.127. The van der Waals surface area contributed by atoms with E-state index < -0.39 is 0 Å². The molecule has 2 aromatic rings. The molecule has 0 amide bonds. The first-order valence-corrected chi connectivity index (χ1v) is 6.85. The zero-order chi connectivity index (χ0) is 15.8. The first-order chi connectivity index (χ1) is 10.7. The van der Waals surface area contributed by atoms with E-state index in [-0.39, 0.29) is 23.5 Å². The molecule has 0 aliphatic heterocycles. The minimum atomic E-state index is -0.314. The zero-order valence-corrected chi connectivity index (χ0v) is 12.3. The largest absolute Gasteiger partial charge is 0.497 e. The molecule has 0 unspecified atom stereocenters. The molecule has 0 saturated carbocycles. The van der Waals surface area contributed by atoms with E-state index in [2.05, 4.69) is 0 Å². The summed E-state index contributed by atoms with van der Waals surface area (Å²) in [7, 11) is 1.61. The van der Waals surface area contributed by atoms with Crippen LogP contribution in [0.3, 0.4) is 0 Å². The van der Waals surface area contributed by atoms with Gasteiger partial charge < -0.3 is 23.7 Å². The molecule has 0 bridgehead atoms. The first kappa shape index (κ1) is 15.9. The second-order valence-electron chi connectivity index (χ2n) is 4.46. The molecule has 2 rings (SSSR count). The van der Waals surface area contributed by atoms with Gasteiger partial charge in [-0.3, -0.25) is 4.79 Å². The van der Waals surface area contributed by atoms with Gasteiger partial charge in [0.1, 0.15) is 30.1 Å². The average molecular weight is 306 g/mol. The number of aliphatic hydroxyl groups is 1. The summed E-state index contributed by atoms with van der Waals surface area (Å²) in [6, 6.07) is 8.49. The summed E-state index contributed by atoms with van der Waals surface area (Å²) in [5.41, 5.74) is -0.314. The van der Waals surface area contributed by atoms with E-state index in [0.29, 0.717) is 19.6 Å². The summed E-state index contributed by atoms with van der Waals surface area (Å²) >= 11 is 0. The van der Waals surface area contributed by atoms with Gasteiger partial charge in [0.25, 0.3) is 0 Å². The van der Waals surface area contributed by atoms with Crippen molar-refractivity contribution in [2.24, 2.45) is 0 Å². The van der Waals surface area contributed by atoms with Gasteiger partial charge in [0.05, 0.1) is 20.3 Å². The van der Waals surface area contributed by atoms with Crippen LogP contribution < -0.4 is 19.6 Å². The highest BCUT2D eigenvalue weighted by atomic mass is 16.5. The third kappa shape index (κ3) is 4.53. The third-order valence-corrected chi connectivity index (χ3v) is 2.88. The Morgan fingerprint density at radius 2 is 1.77 bits per heavy atom. The molecule has 0 atom stereocenters. The van der Waals surface area contributed by atoms with Crippen molar-refractivity contribution < 1.29 is 23.7 Å². The van der Waals surface area contributed by atoms with Crippen molar-refractivity contribution in [3.63, 3.8) is 0 Å². The van der Waals surface area contributed by atoms with Gasteiger partial charge in [-0.2, -0.15) is 0 Å². The molecule has 1 heterocycles. The number of methoxy groups -OCH3 is 1. The van der Waals surface area contributed by atoms with Gasteiger partial charge >= 0.3 is 0 Å². The summed E-state index contributed by atoms with van der Waals surface area (Å²) in [4.78, 5) is 11.6. The monoisotopic (exact) mass is 306 g/mol. The van der Waals surface area contributed by atoms with Crippen molar-refractivity contribution in [1.29, 1.82) is 0 Å². The van der Waals surface area contributed by atoms with Crippen LogP contribution in [0.25, 0.3) is 0 Å². The molecule has 0 saturated heterocycles. The van der Waals surface area contributed by atoms with Gasteiger partial charge in [-0.25, -0.2) is 0 Å². The summed E-state index contributed by atoms with van der Waals surface area (Å²) in [6.45, 7) is 0.483. The molecular weight excluding hydrogens is 288 g/mol. The Morgan fingerprint density at radius 3 is 2.41 bits per heavy atom. The molecule has 22 heavy (non-hydrogen) atoms. The molecule has 6 heteroatoms. The van der Waals surface area contributed by atoms with Crippen molar-refractivity contribution in [2.45, 2.75) is 13.0 Å². The van der Waals surface area contributed by atoms with E-state index >= 15 is 0 Å². The molecule has 1 aromatic heterocycles. The smallest absolute Gasteiger partial charge is 0.227 e. The Labute approximate surface area is 127 Å². The lowest BCUT2D eigenvalue weighted by molar-refractivity contribution is 0.228. The minimum Gasteiger partial charge on any atom is -0.497 e. The van der Waals surface area contributed by atoms with Crippen LogP contribution in [-0.4, -0.2) is 25.4 Å². The number of ether oxygens (including phenoxy) is 3. The van der Waals surface area contributed by atoms with E-state index in [1.807, 2.05) is 24.3 Å². The van der Waals surface area contributed by atoms with Gasteiger partial charge in [0, 0.05) is 12.5 Å². The highest BCUT2D eigenvalue weighted by Gasteiger charge is 2.04. The van der Waals surface area contributed by atoms with Crippen LogP contribution in [0.15, 0.2) is 45.8 Å². The fourth-order valence-corrected chi connectivity index (χ4v) is 1.73. The van der Waals surface area contributed by atoms with Crippen LogP contribution in [0.1, 0.15) is 12.2 Å². The molecular formula is C16H18O6. The van der Waals surface area contributed by atoms with Crippen LogP contribution in [0.2, 0.25) is 0 Å².